The number of hydrogen-bond donors (Lipinski definition) is 1. The second-order valence-corrected chi connectivity index (χ2v) is 5.75. The van der Waals surface area contributed by atoms with Crippen LogP contribution in [-0.4, -0.2) is 29.7 Å². The summed E-state index contributed by atoms with van der Waals surface area (Å²) < 4.78 is 37.4. The average Bonchev–Trinajstić information content (AvgIpc) is 2.98. The SMILES string of the molecule is COCc1nc(C)cc(NC2CCOC2c2ccc(F)c(F)c2)n1. The van der Waals surface area contributed by atoms with Gasteiger partial charge in [-0.05, 0) is 31.0 Å². The van der Waals surface area contributed by atoms with E-state index in [-0.39, 0.29) is 12.1 Å². The highest BCUT2D eigenvalue weighted by Gasteiger charge is 2.30. The molecule has 5 nitrogen and oxygen atoms in total. The Morgan fingerprint density at radius 2 is 2.08 bits per heavy atom. The van der Waals surface area contributed by atoms with Crippen molar-refractivity contribution in [3.63, 3.8) is 0 Å². The largest absolute Gasteiger partial charge is 0.377 e. The van der Waals surface area contributed by atoms with E-state index >= 15 is 0 Å². The van der Waals surface area contributed by atoms with Gasteiger partial charge >= 0.3 is 0 Å². The van der Waals surface area contributed by atoms with Crippen LogP contribution in [0.3, 0.4) is 0 Å². The molecule has 1 N–H and O–H groups in total. The minimum absolute atomic E-state index is 0.0837. The number of methoxy groups -OCH3 is 1. The fraction of sp³-hybridized carbons (Fsp3) is 0.412. The van der Waals surface area contributed by atoms with E-state index in [1.165, 1.54) is 6.07 Å². The van der Waals surface area contributed by atoms with E-state index in [0.717, 1.165) is 18.2 Å². The minimum atomic E-state index is -0.873. The maximum Gasteiger partial charge on any atom is 0.159 e. The summed E-state index contributed by atoms with van der Waals surface area (Å²) in [6.07, 6.45) is 0.382. The van der Waals surface area contributed by atoms with Gasteiger partial charge in [0.05, 0.1) is 6.04 Å². The summed E-state index contributed by atoms with van der Waals surface area (Å²) in [6, 6.07) is 5.60. The zero-order chi connectivity index (χ0) is 17.1. The molecule has 24 heavy (non-hydrogen) atoms. The van der Waals surface area contributed by atoms with Gasteiger partial charge in [0.2, 0.25) is 0 Å². The molecule has 0 aliphatic carbocycles. The van der Waals surface area contributed by atoms with Crippen LogP contribution in [0.2, 0.25) is 0 Å². The molecule has 0 saturated carbocycles. The Morgan fingerprint density at radius 3 is 2.83 bits per heavy atom. The molecule has 1 saturated heterocycles. The molecular formula is C17H19F2N3O2. The van der Waals surface area contributed by atoms with Crippen LogP contribution in [0.5, 0.6) is 0 Å². The van der Waals surface area contributed by atoms with E-state index in [9.17, 15) is 8.78 Å². The van der Waals surface area contributed by atoms with Gasteiger partial charge in [-0.25, -0.2) is 18.7 Å². The van der Waals surface area contributed by atoms with Gasteiger partial charge in [0.25, 0.3) is 0 Å². The zero-order valence-corrected chi connectivity index (χ0v) is 13.6. The normalized spacial score (nSPS) is 20.3. The second-order valence-electron chi connectivity index (χ2n) is 5.75. The zero-order valence-electron chi connectivity index (χ0n) is 13.6. The van der Waals surface area contributed by atoms with E-state index in [2.05, 4.69) is 15.3 Å². The molecule has 1 aliphatic heterocycles. The summed E-state index contributed by atoms with van der Waals surface area (Å²) in [7, 11) is 1.59. The molecule has 1 fully saturated rings. The van der Waals surface area contributed by atoms with Crippen LogP contribution in [0.4, 0.5) is 14.6 Å². The van der Waals surface area contributed by atoms with E-state index in [1.54, 1.807) is 13.2 Å². The highest BCUT2D eigenvalue weighted by molar-refractivity contribution is 5.38. The summed E-state index contributed by atoms with van der Waals surface area (Å²) in [6.45, 7) is 2.74. The van der Waals surface area contributed by atoms with Gasteiger partial charge in [-0.15, -0.1) is 0 Å². The van der Waals surface area contributed by atoms with Gasteiger partial charge in [0.15, 0.2) is 17.5 Å². The molecule has 128 valence electrons. The Balaban J connectivity index is 1.80. The molecule has 0 spiro atoms. The van der Waals surface area contributed by atoms with Crippen LogP contribution in [0, 0.1) is 18.6 Å². The van der Waals surface area contributed by atoms with E-state index in [0.29, 0.717) is 30.4 Å². The first-order valence-electron chi connectivity index (χ1n) is 7.73. The van der Waals surface area contributed by atoms with E-state index in [1.807, 2.05) is 13.0 Å². The third-order valence-electron chi connectivity index (χ3n) is 3.87. The molecular weight excluding hydrogens is 316 g/mol. The minimum Gasteiger partial charge on any atom is -0.377 e. The van der Waals surface area contributed by atoms with Crippen LogP contribution in [0.25, 0.3) is 0 Å². The molecule has 0 bridgehead atoms. The van der Waals surface area contributed by atoms with Crippen LogP contribution in [0.1, 0.15) is 29.6 Å². The standard InChI is InChI=1S/C17H19F2N3O2/c1-10-7-15(22-16(20-10)9-23-2)21-14-5-6-24-17(14)11-3-4-12(18)13(19)8-11/h3-4,7-8,14,17H,5-6,9H2,1-2H3,(H,20,21,22). The van der Waals surface area contributed by atoms with Gasteiger partial charge in [-0.3, -0.25) is 0 Å². The highest BCUT2D eigenvalue weighted by atomic mass is 19.2. The molecule has 0 radical (unpaired) electrons. The van der Waals surface area contributed by atoms with Gasteiger partial charge in [-0.2, -0.15) is 0 Å². The molecule has 3 rings (SSSR count). The fourth-order valence-corrected chi connectivity index (χ4v) is 2.84. The van der Waals surface area contributed by atoms with Gasteiger partial charge in [0, 0.05) is 25.5 Å². The average molecular weight is 335 g/mol. The Hall–Kier alpha value is -2.12. The van der Waals surface area contributed by atoms with E-state index in [4.69, 9.17) is 9.47 Å². The number of ether oxygens (including phenoxy) is 2. The molecule has 2 atom stereocenters. The quantitative estimate of drug-likeness (QED) is 0.910. The molecule has 7 heteroatoms. The van der Waals surface area contributed by atoms with Crippen LogP contribution in [0.15, 0.2) is 24.3 Å². The first kappa shape index (κ1) is 16.7. The lowest BCUT2D eigenvalue weighted by Crippen LogP contribution is -2.24. The van der Waals surface area contributed by atoms with E-state index < -0.39 is 11.6 Å². The summed E-state index contributed by atoms with van der Waals surface area (Å²) in [5, 5.41) is 3.32. The van der Waals surface area contributed by atoms with Crippen molar-refractivity contribution in [3.05, 3.63) is 53.0 Å². The molecule has 2 aromatic rings. The van der Waals surface area contributed by atoms with Crippen LogP contribution < -0.4 is 5.32 Å². The van der Waals surface area contributed by atoms with Crippen molar-refractivity contribution in [1.29, 1.82) is 0 Å². The number of hydrogen-bond acceptors (Lipinski definition) is 5. The Morgan fingerprint density at radius 1 is 1.25 bits per heavy atom. The van der Waals surface area contributed by atoms with Crippen molar-refractivity contribution in [2.45, 2.75) is 32.1 Å². The summed E-state index contributed by atoms with van der Waals surface area (Å²) in [4.78, 5) is 8.71. The van der Waals surface area contributed by atoms with Crippen molar-refractivity contribution in [2.24, 2.45) is 0 Å². The Kier molecular flexibility index (Phi) is 5.01. The third kappa shape index (κ3) is 3.68. The fourth-order valence-electron chi connectivity index (χ4n) is 2.84. The number of nitrogens with zero attached hydrogens (tertiary/aromatic N) is 2. The Bertz CT molecular complexity index is 727. The lowest BCUT2D eigenvalue weighted by atomic mass is 10.0. The van der Waals surface area contributed by atoms with Crippen molar-refractivity contribution in [2.75, 3.05) is 19.0 Å². The molecule has 1 aromatic carbocycles. The van der Waals surface area contributed by atoms with Gasteiger partial charge in [0.1, 0.15) is 18.5 Å². The van der Waals surface area contributed by atoms with Crippen molar-refractivity contribution < 1.29 is 18.3 Å². The van der Waals surface area contributed by atoms with Crippen molar-refractivity contribution >= 4 is 5.82 Å². The predicted molar refractivity (Wildman–Crippen MR) is 84.6 cm³/mol. The smallest absolute Gasteiger partial charge is 0.159 e. The lowest BCUT2D eigenvalue weighted by Gasteiger charge is -2.21. The molecule has 1 aliphatic rings. The predicted octanol–water partition coefficient (Wildman–Crippen LogP) is 3.15. The van der Waals surface area contributed by atoms with Crippen molar-refractivity contribution in [1.82, 2.24) is 9.97 Å². The number of halogens is 2. The van der Waals surface area contributed by atoms with Gasteiger partial charge < -0.3 is 14.8 Å². The summed E-state index contributed by atoms with van der Waals surface area (Å²) in [5.74, 6) is -0.486. The molecule has 2 heterocycles. The first-order chi connectivity index (χ1) is 11.6. The lowest BCUT2D eigenvalue weighted by molar-refractivity contribution is 0.107. The monoisotopic (exact) mass is 335 g/mol. The van der Waals surface area contributed by atoms with Crippen molar-refractivity contribution in [3.8, 4) is 0 Å². The molecule has 1 aromatic heterocycles. The maximum atomic E-state index is 13.5. The molecule has 2 unspecified atom stereocenters. The maximum absolute atomic E-state index is 13.5. The van der Waals surface area contributed by atoms with Crippen LogP contribution in [-0.2, 0) is 16.1 Å². The second kappa shape index (κ2) is 7.19. The number of rotatable bonds is 5. The first-order valence-corrected chi connectivity index (χ1v) is 7.73. The number of anilines is 1. The summed E-state index contributed by atoms with van der Waals surface area (Å²) in [5.41, 5.74) is 1.43. The topological polar surface area (TPSA) is 56.3 Å². The molecule has 0 amide bonds. The number of aromatic nitrogens is 2. The van der Waals surface area contributed by atoms with Crippen LogP contribution >= 0.6 is 0 Å². The number of nitrogens with one attached hydrogen (secondary N) is 1. The number of benzene rings is 1. The third-order valence-corrected chi connectivity index (χ3v) is 3.87. The van der Waals surface area contributed by atoms with Gasteiger partial charge in [-0.1, -0.05) is 6.07 Å². The summed E-state index contributed by atoms with van der Waals surface area (Å²) >= 11 is 0. The highest BCUT2D eigenvalue weighted by Crippen LogP contribution is 2.32. The Labute approximate surface area is 139 Å². The number of aryl methyl sites for hydroxylation is 1.